The van der Waals surface area contributed by atoms with Gasteiger partial charge in [0.1, 0.15) is 11.9 Å². The molecule has 2 nitrogen and oxygen atoms in total. The molecule has 5 heteroatoms. The van der Waals surface area contributed by atoms with Crippen molar-refractivity contribution >= 4 is 34.8 Å². The molecule has 1 N–H and O–H groups in total. The Morgan fingerprint density at radius 2 is 1.82 bits per heavy atom. The summed E-state index contributed by atoms with van der Waals surface area (Å²) in [6.07, 6.45) is 2.09. The molecule has 1 rings (SSSR count). The van der Waals surface area contributed by atoms with E-state index in [0.717, 1.165) is 19.4 Å². The van der Waals surface area contributed by atoms with Crippen LogP contribution in [0.4, 0.5) is 0 Å². The lowest BCUT2D eigenvalue weighted by Crippen LogP contribution is -2.29. The first-order valence-electron chi connectivity index (χ1n) is 5.54. The first-order chi connectivity index (χ1) is 8.08. The highest BCUT2D eigenvalue weighted by molar-refractivity contribution is 6.43. The van der Waals surface area contributed by atoms with Gasteiger partial charge in [0.2, 0.25) is 0 Å². The molecule has 0 saturated carbocycles. The summed E-state index contributed by atoms with van der Waals surface area (Å²) in [5, 5.41) is 4.46. The van der Waals surface area contributed by atoms with Crippen LogP contribution in [-0.4, -0.2) is 19.7 Å². The third-order valence-electron chi connectivity index (χ3n) is 2.31. The fraction of sp³-hybridized carbons (Fsp3) is 0.500. The predicted molar refractivity (Wildman–Crippen MR) is 74.7 cm³/mol. The largest absolute Gasteiger partial charge is 0.487 e. The van der Waals surface area contributed by atoms with Crippen LogP contribution in [0.3, 0.4) is 0 Å². The number of rotatable bonds is 6. The molecule has 0 aromatic heterocycles. The minimum Gasteiger partial charge on any atom is -0.487 e. The lowest BCUT2D eigenvalue weighted by molar-refractivity contribution is 0.189. The molecule has 1 unspecified atom stereocenters. The highest BCUT2D eigenvalue weighted by Gasteiger charge is 2.13. The average molecular weight is 297 g/mol. The molecule has 0 heterocycles. The normalized spacial score (nSPS) is 12.5. The summed E-state index contributed by atoms with van der Waals surface area (Å²) in [6, 6.07) is 3.26. The van der Waals surface area contributed by atoms with Gasteiger partial charge >= 0.3 is 0 Å². The second kappa shape index (κ2) is 7.32. The van der Waals surface area contributed by atoms with Gasteiger partial charge in [0.15, 0.2) is 0 Å². The molecular weight excluding hydrogens is 280 g/mol. The Labute approximate surface area is 117 Å². The van der Waals surface area contributed by atoms with Gasteiger partial charge in [-0.05, 0) is 19.5 Å². The third kappa shape index (κ3) is 4.55. The first kappa shape index (κ1) is 14.9. The summed E-state index contributed by atoms with van der Waals surface area (Å²) in [5.41, 5.74) is 0. The molecule has 0 aliphatic rings. The summed E-state index contributed by atoms with van der Waals surface area (Å²) in [6.45, 7) is 2.88. The molecule has 0 spiro atoms. The van der Waals surface area contributed by atoms with Crippen molar-refractivity contribution in [3.8, 4) is 5.75 Å². The summed E-state index contributed by atoms with van der Waals surface area (Å²) in [5.74, 6) is 0.578. The Balaban J connectivity index is 2.81. The molecule has 0 amide bonds. The number of benzene rings is 1. The van der Waals surface area contributed by atoms with Crippen LogP contribution in [0.2, 0.25) is 15.1 Å². The quantitative estimate of drug-likeness (QED) is 0.785. The van der Waals surface area contributed by atoms with Gasteiger partial charge < -0.3 is 10.1 Å². The van der Waals surface area contributed by atoms with Crippen LogP contribution < -0.4 is 10.1 Å². The van der Waals surface area contributed by atoms with E-state index in [1.807, 2.05) is 7.05 Å². The van der Waals surface area contributed by atoms with Crippen LogP contribution in [-0.2, 0) is 0 Å². The SMILES string of the molecule is CCCC(CNC)Oc1cc(Cl)c(Cl)cc1Cl. The Hall–Kier alpha value is -0.150. The van der Waals surface area contributed by atoms with Gasteiger partial charge in [-0.3, -0.25) is 0 Å². The zero-order valence-corrected chi connectivity index (χ0v) is 12.2. The smallest absolute Gasteiger partial charge is 0.139 e. The Morgan fingerprint density at radius 3 is 2.41 bits per heavy atom. The van der Waals surface area contributed by atoms with Gasteiger partial charge in [0.25, 0.3) is 0 Å². The highest BCUT2D eigenvalue weighted by atomic mass is 35.5. The number of nitrogens with one attached hydrogen (secondary N) is 1. The highest BCUT2D eigenvalue weighted by Crippen LogP contribution is 2.34. The second-order valence-corrected chi connectivity index (χ2v) is 5.00. The number of likely N-dealkylation sites (N-methyl/N-ethyl adjacent to an activating group) is 1. The Kier molecular flexibility index (Phi) is 6.42. The van der Waals surface area contributed by atoms with Crippen molar-refractivity contribution in [2.24, 2.45) is 0 Å². The second-order valence-electron chi connectivity index (χ2n) is 3.78. The molecular formula is C12H16Cl3NO. The van der Waals surface area contributed by atoms with Crippen molar-refractivity contribution in [3.63, 3.8) is 0 Å². The van der Waals surface area contributed by atoms with E-state index in [2.05, 4.69) is 12.2 Å². The van der Waals surface area contributed by atoms with Gasteiger partial charge in [-0.25, -0.2) is 0 Å². The zero-order chi connectivity index (χ0) is 12.8. The average Bonchev–Trinajstić information content (AvgIpc) is 2.26. The lowest BCUT2D eigenvalue weighted by Gasteiger charge is -2.19. The molecule has 0 radical (unpaired) electrons. The Morgan fingerprint density at radius 1 is 1.18 bits per heavy atom. The summed E-state index contributed by atoms with van der Waals surface area (Å²) in [7, 11) is 1.89. The molecule has 1 atom stereocenters. The van der Waals surface area contributed by atoms with Crippen molar-refractivity contribution < 1.29 is 4.74 Å². The van der Waals surface area contributed by atoms with Crippen molar-refractivity contribution in [3.05, 3.63) is 27.2 Å². The maximum absolute atomic E-state index is 6.06. The van der Waals surface area contributed by atoms with E-state index in [1.54, 1.807) is 12.1 Å². The van der Waals surface area contributed by atoms with Gasteiger partial charge in [0.05, 0.1) is 15.1 Å². The summed E-state index contributed by atoms with van der Waals surface area (Å²) in [4.78, 5) is 0. The van der Waals surface area contributed by atoms with E-state index < -0.39 is 0 Å². The number of halogens is 3. The van der Waals surface area contributed by atoms with Crippen molar-refractivity contribution in [2.75, 3.05) is 13.6 Å². The van der Waals surface area contributed by atoms with Crippen molar-refractivity contribution in [1.82, 2.24) is 5.32 Å². The Bertz CT molecular complexity index is 365. The van der Waals surface area contributed by atoms with E-state index in [4.69, 9.17) is 39.5 Å². The van der Waals surface area contributed by atoms with Crippen LogP contribution in [0.1, 0.15) is 19.8 Å². The lowest BCUT2D eigenvalue weighted by atomic mass is 10.2. The molecule has 0 fully saturated rings. The van der Waals surface area contributed by atoms with Crippen molar-refractivity contribution in [2.45, 2.75) is 25.9 Å². The maximum Gasteiger partial charge on any atom is 0.139 e. The summed E-state index contributed by atoms with van der Waals surface area (Å²) >= 11 is 17.9. The fourth-order valence-corrected chi connectivity index (χ4v) is 2.11. The van der Waals surface area contributed by atoms with Crippen LogP contribution >= 0.6 is 34.8 Å². The number of ether oxygens (including phenoxy) is 1. The van der Waals surface area contributed by atoms with Gasteiger partial charge in [-0.2, -0.15) is 0 Å². The molecule has 0 aliphatic heterocycles. The molecule has 0 aliphatic carbocycles. The molecule has 96 valence electrons. The van der Waals surface area contributed by atoms with Crippen LogP contribution in [0.5, 0.6) is 5.75 Å². The van der Waals surface area contributed by atoms with Crippen molar-refractivity contribution in [1.29, 1.82) is 0 Å². The molecule has 0 bridgehead atoms. The fourth-order valence-electron chi connectivity index (χ4n) is 1.53. The van der Waals surface area contributed by atoms with E-state index in [-0.39, 0.29) is 6.10 Å². The number of hydrogen-bond donors (Lipinski definition) is 1. The van der Waals surface area contributed by atoms with Gasteiger partial charge in [0, 0.05) is 12.6 Å². The topological polar surface area (TPSA) is 21.3 Å². The van der Waals surface area contributed by atoms with Gasteiger partial charge in [-0.1, -0.05) is 48.1 Å². The van der Waals surface area contributed by atoms with E-state index in [1.165, 1.54) is 0 Å². The zero-order valence-electron chi connectivity index (χ0n) is 9.90. The van der Waals surface area contributed by atoms with E-state index in [0.29, 0.717) is 20.8 Å². The molecule has 0 saturated heterocycles. The van der Waals surface area contributed by atoms with Crippen LogP contribution in [0.25, 0.3) is 0 Å². The monoisotopic (exact) mass is 295 g/mol. The molecule has 1 aromatic rings. The third-order valence-corrected chi connectivity index (χ3v) is 3.33. The van der Waals surface area contributed by atoms with Crippen LogP contribution in [0.15, 0.2) is 12.1 Å². The standard InChI is InChI=1S/C12H16Cl3NO/c1-3-4-8(7-16-2)17-12-6-10(14)9(13)5-11(12)15/h5-6,8,16H,3-4,7H2,1-2H3. The minimum absolute atomic E-state index is 0.0831. The van der Waals surface area contributed by atoms with Gasteiger partial charge in [-0.15, -0.1) is 0 Å². The summed E-state index contributed by atoms with van der Waals surface area (Å²) < 4.78 is 5.82. The van der Waals surface area contributed by atoms with E-state index >= 15 is 0 Å². The van der Waals surface area contributed by atoms with Crippen LogP contribution in [0, 0.1) is 0 Å². The molecule has 17 heavy (non-hydrogen) atoms. The van der Waals surface area contributed by atoms with E-state index in [9.17, 15) is 0 Å². The molecule has 1 aromatic carbocycles. The minimum atomic E-state index is 0.0831. The first-order valence-corrected chi connectivity index (χ1v) is 6.67. The predicted octanol–water partition coefficient (Wildman–Crippen LogP) is 4.41. The maximum atomic E-state index is 6.06. The number of hydrogen-bond acceptors (Lipinski definition) is 2.